The fourth-order valence-corrected chi connectivity index (χ4v) is 2.78. The number of aromatic nitrogens is 2. The van der Waals surface area contributed by atoms with E-state index in [-0.39, 0.29) is 11.2 Å². The maximum Gasteiger partial charge on any atom is 0.301 e. The molecule has 1 aromatic heterocycles. The average molecular weight is 396 g/mol. The molecule has 0 aliphatic carbocycles. The first kappa shape index (κ1) is 19.5. The topological polar surface area (TPSA) is 138 Å². The molecule has 0 fully saturated rings. The number of nitro groups is 2. The standard InChI is InChI=1S/C18H16N6O5/c1-12-15(18(25)22(21(12)2)13-6-4-3-5-7-13)11-19-20-16-9-8-14(23(26)27)10-17(16)24(28)29/h3-11,20H,1-2H3. The molecular formula is C18H16N6O5. The number of rotatable bonds is 6. The van der Waals surface area contributed by atoms with Crippen molar-refractivity contribution in [3.05, 3.63) is 90.4 Å². The lowest BCUT2D eigenvalue weighted by Gasteiger charge is -2.07. The van der Waals surface area contributed by atoms with Crippen LogP contribution in [0.2, 0.25) is 0 Å². The zero-order chi connectivity index (χ0) is 21.1. The van der Waals surface area contributed by atoms with Gasteiger partial charge in [-0.15, -0.1) is 0 Å². The second kappa shape index (κ2) is 7.76. The van der Waals surface area contributed by atoms with Gasteiger partial charge in [0, 0.05) is 18.8 Å². The minimum atomic E-state index is -0.749. The normalized spacial score (nSPS) is 11.0. The summed E-state index contributed by atoms with van der Waals surface area (Å²) in [5, 5.41) is 25.9. The van der Waals surface area contributed by atoms with Gasteiger partial charge in [0.25, 0.3) is 11.2 Å². The molecule has 0 amide bonds. The van der Waals surface area contributed by atoms with Crippen molar-refractivity contribution in [1.29, 1.82) is 0 Å². The lowest BCUT2D eigenvalue weighted by atomic mass is 10.2. The summed E-state index contributed by atoms with van der Waals surface area (Å²) in [5.41, 5.74) is 2.86. The molecule has 3 rings (SSSR count). The lowest BCUT2D eigenvalue weighted by Crippen LogP contribution is -2.20. The van der Waals surface area contributed by atoms with Crippen molar-refractivity contribution in [2.75, 3.05) is 5.43 Å². The molecule has 3 aromatic rings. The summed E-state index contributed by atoms with van der Waals surface area (Å²) in [7, 11) is 1.73. The third kappa shape index (κ3) is 3.74. The summed E-state index contributed by atoms with van der Waals surface area (Å²) < 4.78 is 3.15. The fourth-order valence-electron chi connectivity index (χ4n) is 2.78. The van der Waals surface area contributed by atoms with Gasteiger partial charge in [0.15, 0.2) is 0 Å². The molecule has 0 saturated carbocycles. The van der Waals surface area contributed by atoms with Crippen molar-refractivity contribution in [3.8, 4) is 5.69 Å². The minimum Gasteiger partial charge on any atom is -0.285 e. The van der Waals surface area contributed by atoms with E-state index in [1.807, 2.05) is 18.2 Å². The van der Waals surface area contributed by atoms with Gasteiger partial charge in [-0.1, -0.05) is 18.2 Å². The zero-order valence-electron chi connectivity index (χ0n) is 15.5. The van der Waals surface area contributed by atoms with Crippen molar-refractivity contribution in [2.24, 2.45) is 12.1 Å². The molecular weight excluding hydrogens is 380 g/mol. The van der Waals surface area contributed by atoms with E-state index in [9.17, 15) is 25.0 Å². The first-order valence-electron chi connectivity index (χ1n) is 8.37. The van der Waals surface area contributed by atoms with Gasteiger partial charge in [-0.2, -0.15) is 5.10 Å². The van der Waals surface area contributed by atoms with Crippen molar-refractivity contribution in [2.45, 2.75) is 6.92 Å². The van der Waals surface area contributed by atoms with Gasteiger partial charge in [0.1, 0.15) is 5.69 Å². The first-order valence-corrected chi connectivity index (χ1v) is 8.37. The highest BCUT2D eigenvalue weighted by Crippen LogP contribution is 2.28. The summed E-state index contributed by atoms with van der Waals surface area (Å²) in [5.74, 6) is 0. The average Bonchev–Trinajstić information content (AvgIpc) is 2.91. The Morgan fingerprint density at radius 1 is 1.07 bits per heavy atom. The van der Waals surface area contributed by atoms with Crippen molar-refractivity contribution >= 4 is 23.3 Å². The van der Waals surface area contributed by atoms with Gasteiger partial charge in [0.05, 0.1) is 33.4 Å². The number of nitrogens with zero attached hydrogens (tertiary/aromatic N) is 5. The summed E-state index contributed by atoms with van der Waals surface area (Å²) in [6.07, 6.45) is 1.27. The smallest absolute Gasteiger partial charge is 0.285 e. The van der Waals surface area contributed by atoms with Crippen LogP contribution in [0.1, 0.15) is 11.3 Å². The third-order valence-electron chi connectivity index (χ3n) is 4.37. The summed E-state index contributed by atoms with van der Waals surface area (Å²) in [6.45, 7) is 1.75. The van der Waals surface area contributed by atoms with Crippen LogP contribution in [0.25, 0.3) is 5.69 Å². The molecule has 29 heavy (non-hydrogen) atoms. The quantitative estimate of drug-likeness (QED) is 0.386. The third-order valence-corrected chi connectivity index (χ3v) is 4.37. The van der Waals surface area contributed by atoms with Crippen LogP contribution < -0.4 is 11.0 Å². The van der Waals surface area contributed by atoms with E-state index in [0.717, 1.165) is 12.1 Å². The van der Waals surface area contributed by atoms with E-state index in [4.69, 9.17) is 0 Å². The Bertz CT molecular complexity index is 1180. The van der Waals surface area contributed by atoms with E-state index in [2.05, 4.69) is 10.5 Å². The Kier molecular flexibility index (Phi) is 5.21. The number of hydrogen-bond acceptors (Lipinski definition) is 7. The van der Waals surface area contributed by atoms with Crippen molar-refractivity contribution in [1.82, 2.24) is 9.36 Å². The van der Waals surface area contributed by atoms with E-state index < -0.39 is 21.2 Å². The van der Waals surface area contributed by atoms with Crippen LogP contribution in [0.15, 0.2) is 58.4 Å². The SMILES string of the molecule is Cc1c(C=NNc2ccc([N+](=O)[O-])cc2[N+](=O)[O-])c(=O)n(-c2ccccc2)n1C. The number of para-hydroxylation sites is 1. The maximum atomic E-state index is 12.8. The molecule has 0 aliphatic heterocycles. The van der Waals surface area contributed by atoms with Crippen LogP contribution in [-0.2, 0) is 7.05 Å². The molecule has 11 heteroatoms. The molecule has 2 aromatic carbocycles. The van der Waals surface area contributed by atoms with Crippen LogP contribution in [0.3, 0.4) is 0 Å². The molecule has 0 bridgehead atoms. The summed E-state index contributed by atoms with van der Waals surface area (Å²) >= 11 is 0. The van der Waals surface area contributed by atoms with Gasteiger partial charge in [-0.25, -0.2) is 4.68 Å². The highest BCUT2D eigenvalue weighted by Gasteiger charge is 2.19. The van der Waals surface area contributed by atoms with E-state index in [0.29, 0.717) is 16.9 Å². The van der Waals surface area contributed by atoms with Gasteiger partial charge in [-0.3, -0.25) is 35.1 Å². The first-order chi connectivity index (χ1) is 13.8. The van der Waals surface area contributed by atoms with Crippen LogP contribution in [0.4, 0.5) is 17.1 Å². The van der Waals surface area contributed by atoms with E-state index in [1.165, 1.54) is 17.0 Å². The zero-order valence-corrected chi connectivity index (χ0v) is 15.5. The number of hydrazone groups is 1. The molecule has 0 atom stereocenters. The van der Waals surface area contributed by atoms with Gasteiger partial charge in [-0.05, 0) is 25.1 Å². The lowest BCUT2D eigenvalue weighted by molar-refractivity contribution is -0.393. The number of anilines is 1. The van der Waals surface area contributed by atoms with Crippen molar-refractivity contribution in [3.63, 3.8) is 0 Å². The number of nitrogens with one attached hydrogen (secondary N) is 1. The highest BCUT2D eigenvalue weighted by atomic mass is 16.6. The largest absolute Gasteiger partial charge is 0.301 e. The van der Waals surface area contributed by atoms with Gasteiger partial charge < -0.3 is 0 Å². The van der Waals surface area contributed by atoms with Crippen LogP contribution in [0, 0.1) is 27.2 Å². The summed E-state index contributed by atoms with van der Waals surface area (Å²) in [4.78, 5) is 33.3. The fraction of sp³-hybridized carbons (Fsp3) is 0.111. The number of nitro benzene ring substituents is 2. The van der Waals surface area contributed by atoms with Gasteiger partial charge >= 0.3 is 5.69 Å². The van der Waals surface area contributed by atoms with Gasteiger partial charge in [0.2, 0.25) is 0 Å². The molecule has 11 nitrogen and oxygen atoms in total. The Hall–Kier alpha value is -4.28. The Balaban J connectivity index is 1.93. The highest BCUT2D eigenvalue weighted by molar-refractivity contribution is 5.82. The van der Waals surface area contributed by atoms with Crippen LogP contribution in [-0.4, -0.2) is 25.4 Å². The number of non-ortho nitro benzene ring substituents is 1. The molecule has 1 N–H and O–H groups in total. The van der Waals surface area contributed by atoms with E-state index in [1.54, 1.807) is 30.8 Å². The number of benzene rings is 2. The molecule has 0 unspecified atom stereocenters. The second-order valence-electron chi connectivity index (χ2n) is 6.06. The molecule has 0 aliphatic rings. The Morgan fingerprint density at radius 3 is 2.38 bits per heavy atom. The molecule has 1 heterocycles. The predicted molar refractivity (Wildman–Crippen MR) is 107 cm³/mol. The number of hydrogen-bond donors (Lipinski definition) is 1. The Labute approximate surface area is 163 Å². The minimum absolute atomic E-state index is 0.0335. The summed E-state index contributed by atoms with van der Waals surface area (Å²) in [6, 6.07) is 12.2. The Morgan fingerprint density at radius 2 is 1.76 bits per heavy atom. The van der Waals surface area contributed by atoms with Crippen LogP contribution >= 0.6 is 0 Å². The predicted octanol–water partition coefficient (Wildman–Crippen LogP) is 2.75. The van der Waals surface area contributed by atoms with Crippen molar-refractivity contribution < 1.29 is 9.85 Å². The van der Waals surface area contributed by atoms with Crippen LogP contribution in [0.5, 0.6) is 0 Å². The second-order valence-corrected chi connectivity index (χ2v) is 6.06. The maximum absolute atomic E-state index is 12.8. The van der Waals surface area contributed by atoms with E-state index >= 15 is 0 Å². The molecule has 0 radical (unpaired) electrons. The molecule has 0 saturated heterocycles. The molecule has 148 valence electrons. The molecule has 0 spiro atoms. The monoisotopic (exact) mass is 396 g/mol.